The first-order chi connectivity index (χ1) is 9.54. The maximum atomic E-state index is 10.8. The van der Waals surface area contributed by atoms with Gasteiger partial charge in [0.05, 0.1) is 0 Å². The van der Waals surface area contributed by atoms with E-state index in [4.69, 9.17) is 4.74 Å². The molecule has 0 radical (unpaired) electrons. The predicted molar refractivity (Wildman–Crippen MR) is 77.7 cm³/mol. The molecule has 4 nitrogen and oxygen atoms in total. The Morgan fingerprint density at radius 1 is 1.25 bits per heavy atom. The van der Waals surface area contributed by atoms with Crippen LogP contribution in [0.15, 0.2) is 36.5 Å². The molecular weight excluding hydrogens is 252 g/mol. The van der Waals surface area contributed by atoms with Gasteiger partial charge < -0.3 is 10.1 Å². The van der Waals surface area contributed by atoms with Crippen LogP contribution in [0.4, 0.5) is 0 Å². The lowest BCUT2D eigenvalue weighted by Gasteiger charge is -2.09. The van der Waals surface area contributed by atoms with E-state index in [9.17, 15) is 4.79 Å². The van der Waals surface area contributed by atoms with E-state index in [0.29, 0.717) is 12.4 Å². The Kier molecular flexibility index (Phi) is 4.35. The number of nitrogens with zero attached hydrogens (tertiary/aromatic N) is 1. The summed E-state index contributed by atoms with van der Waals surface area (Å²) in [6.45, 7) is 5.99. The Hall–Kier alpha value is -2.36. The Morgan fingerprint density at radius 2 is 2.05 bits per heavy atom. The van der Waals surface area contributed by atoms with Gasteiger partial charge in [0, 0.05) is 25.7 Å². The first-order valence-electron chi connectivity index (χ1n) is 6.49. The van der Waals surface area contributed by atoms with Crippen molar-refractivity contribution in [3.05, 3.63) is 53.2 Å². The second kappa shape index (κ2) is 6.19. The average Bonchev–Trinajstić information content (AvgIpc) is 2.42. The van der Waals surface area contributed by atoms with Gasteiger partial charge in [-0.05, 0) is 36.6 Å². The Bertz CT molecular complexity index is 606. The number of rotatable bonds is 4. The zero-order valence-corrected chi connectivity index (χ0v) is 11.9. The number of benzene rings is 1. The first-order valence-corrected chi connectivity index (χ1v) is 6.49. The zero-order valence-electron chi connectivity index (χ0n) is 11.9. The highest BCUT2D eigenvalue weighted by Crippen LogP contribution is 2.24. The summed E-state index contributed by atoms with van der Waals surface area (Å²) in [6.07, 6.45) is 1.70. The molecule has 1 amide bonds. The van der Waals surface area contributed by atoms with Crippen LogP contribution in [-0.2, 0) is 11.3 Å². The molecule has 0 aliphatic carbocycles. The van der Waals surface area contributed by atoms with Crippen molar-refractivity contribution in [3.63, 3.8) is 0 Å². The summed E-state index contributed by atoms with van der Waals surface area (Å²) in [6, 6.07) is 9.76. The fourth-order valence-electron chi connectivity index (χ4n) is 1.73. The number of amides is 1. The molecule has 0 saturated carbocycles. The third-order valence-electron chi connectivity index (χ3n) is 2.90. The summed E-state index contributed by atoms with van der Waals surface area (Å²) in [5, 5.41) is 2.73. The van der Waals surface area contributed by atoms with E-state index >= 15 is 0 Å². The molecule has 0 aliphatic heterocycles. The Labute approximate surface area is 118 Å². The van der Waals surface area contributed by atoms with Crippen molar-refractivity contribution in [1.82, 2.24) is 10.3 Å². The highest BCUT2D eigenvalue weighted by Gasteiger charge is 2.03. The van der Waals surface area contributed by atoms with E-state index in [-0.39, 0.29) is 5.91 Å². The van der Waals surface area contributed by atoms with Crippen molar-refractivity contribution in [1.29, 1.82) is 0 Å². The largest absolute Gasteiger partial charge is 0.439 e. The SMILES string of the molecule is CC(=O)NCc1ccc(Oc2cc(C)ccc2C)nc1. The lowest BCUT2D eigenvalue weighted by atomic mass is 10.1. The van der Waals surface area contributed by atoms with Gasteiger partial charge in [0.2, 0.25) is 11.8 Å². The van der Waals surface area contributed by atoms with Crippen molar-refractivity contribution in [3.8, 4) is 11.6 Å². The molecule has 4 heteroatoms. The lowest BCUT2D eigenvalue weighted by molar-refractivity contribution is -0.119. The first kappa shape index (κ1) is 14.1. The minimum absolute atomic E-state index is 0.0549. The molecule has 0 aliphatic rings. The van der Waals surface area contributed by atoms with Crippen LogP contribution in [0.2, 0.25) is 0 Å². The molecule has 2 rings (SSSR count). The molecule has 0 unspecified atom stereocenters. The van der Waals surface area contributed by atoms with Crippen LogP contribution >= 0.6 is 0 Å². The van der Waals surface area contributed by atoms with Crippen LogP contribution in [0.3, 0.4) is 0 Å². The number of aryl methyl sites for hydroxylation is 2. The number of nitrogens with one attached hydrogen (secondary N) is 1. The van der Waals surface area contributed by atoms with Gasteiger partial charge in [-0.15, -0.1) is 0 Å². The zero-order chi connectivity index (χ0) is 14.5. The summed E-state index contributed by atoms with van der Waals surface area (Å²) in [7, 11) is 0. The summed E-state index contributed by atoms with van der Waals surface area (Å²) >= 11 is 0. The molecule has 0 spiro atoms. The third-order valence-corrected chi connectivity index (χ3v) is 2.90. The summed E-state index contributed by atoms with van der Waals surface area (Å²) in [4.78, 5) is 15.1. The molecule has 0 fully saturated rings. The predicted octanol–water partition coefficient (Wildman–Crippen LogP) is 3.13. The number of pyridine rings is 1. The van der Waals surface area contributed by atoms with Crippen LogP contribution in [0.5, 0.6) is 11.6 Å². The molecular formula is C16H18N2O2. The van der Waals surface area contributed by atoms with Gasteiger partial charge >= 0.3 is 0 Å². The van der Waals surface area contributed by atoms with E-state index in [1.165, 1.54) is 6.92 Å². The normalized spacial score (nSPS) is 10.2. The molecule has 1 aromatic heterocycles. The summed E-state index contributed by atoms with van der Waals surface area (Å²) in [5.74, 6) is 1.30. The van der Waals surface area contributed by atoms with E-state index < -0.39 is 0 Å². The Morgan fingerprint density at radius 3 is 2.70 bits per heavy atom. The van der Waals surface area contributed by atoms with Crippen LogP contribution in [0, 0.1) is 13.8 Å². The molecule has 2 aromatic rings. The second-order valence-electron chi connectivity index (χ2n) is 4.79. The standard InChI is InChI=1S/C16H18N2O2/c1-11-4-5-12(2)15(8-11)20-16-7-6-14(10-18-16)9-17-13(3)19/h4-8,10H,9H2,1-3H3,(H,17,19). The fourth-order valence-corrected chi connectivity index (χ4v) is 1.73. The van der Waals surface area contributed by atoms with Crippen molar-refractivity contribution in [2.75, 3.05) is 0 Å². The molecule has 20 heavy (non-hydrogen) atoms. The monoisotopic (exact) mass is 270 g/mol. The van der Waals surface area contributed by atoms with E-state index in [1.807, 2.05) is 38.1 Å². The van der Waals surface area contributed by atoms with Gasteiger partial charge in [0.1, 0.15) is 5.75 Å². The Balaban J connectivity index is 2.06. The number of carbonyl (C=O) groups excluding carboxylic acids is 1. The quantitative estimate of drug-likeness (QED) is 0.928. The fraction of sp³-hybridized carbons (Fsp3) is 0.250. The number of aromatic nitrogens is 1. The molecule has 1 aromatic carbocycles. The average molecular weight is 270 g/mol. The van der Waals surface area contributed by atoms with Gasteiger partial charge in [-0.3, -0.25) is 4.79 Å². The van der Waals surface area contributed by atoms with Crippen LogP contribution in [0.1, 0.15) is 23.6 Å². The van der Waals surface area contributed by atoms with E-state index in [0.717, 1.165) is 22.4 Å². The van der Waals surface area contributed by atoms with E-state index in [2.05, 4.69) is 10.3 Å². The van der Waals surface area contributed by atoms with Gasteiger partial charge in [-0.2, -0.15) is 0 Å². The summed E-state index contributed by atoms with van der Waals surface area (Å²) < 4.78 is 5.77. The molecule has 0 atom stereocenters. The third kappa shape index (κ3) is 3.82. The maximum Gasteiger partial charge on any atom is 0.219 e. The van der Waals surface area contributed by atoms with Gasteiger partial charge in [0.25, 0.3) is 0 Å². The summed E-state index contributed by atoms with van der Waals surface area (Å²) in [5.41, 5.74) is 3.15. The number of ether oxygens (including phenoxy) is 1. The highest BCUT2D eigenvalue weighted by molar-refractivity contribution is 5.72. The van der Waals surface area contributed by atoms with Crippen LogP contribution < -0.4 is 10.1 Å². The van der Waals surface area contributed by atoms with Crippen LogP contribution in [-0.4, -0.2) is 10.9 Å². The molecule has 0 saturated heterocycles. The molecule has 1 heterocycles. The van der Waals surface area contributed by atoms with Crippen LogP contribution in [0.25, 0.3) is 0 Å². The van der Waals surface area contributed by atoms with Gasteiger partial charge in [-0.1, -0.05) is 18.2 Å². The maximum absolute atomic E-state index is 10.8. The molecule has 0 bridgehead atoms. The van der Waals surface area contributed by atoms with Gasteiger partial charge in [0.15, 0.2) is 0 Å². The molecule has 1 N–H and O–H groups in total. The molecule has 104 valence electrons. The highest BCUT2D eigenvalue weighted by atomic mass is 16.5. The van der Waals surface area contributed by atoms with Gasteiger partial charge in [-0.25, -0.2) is 4.98 Å². The van der Waals surface area contributed by atoms with Crippen molar-refractivity contribution >= 4 is 5.91 Å². The smallest absolute Gasteiger partial charge is 0.219 e. The number of carbonyl (C=O) groups is 1. The second-order valence-corrected chi connectivity index (χ2v) is 4.79. The minimum Gasteiger partial charge on any atom is -0.439 e. The minimum atomic E-state index is -0.0549. The van der Waals surface area contributed by atoms with Crippen molar-refractivity contribution in [2.45, 2.75) is 27.3 Å². The van der Waals surface area contributed by atoms with Crippen molar-refractivity contribution in [2.24, 2.45) is 0 Å². The number of hydrogen-bond donors (Lipinski definition) is 1. The number of hydrogen-bond acceptors (Lipinski definition) is 3. The van der Waals surface area contributed by atoms with Crippen molar-refractivity contribution < 1.29 is 9.53 Å². The van der Waals surface area contributed by atoms with E-state index in [1.54, 1.807) is 12.3 Å². The lowest BCUT2D eigenvalue weighted by Crippen LogP contribution is -2.18. The topological polar surface area (TPSA) is 51.2 Å².